The zero-order valence-corrected chi connectivity index (χ0v) is 18.3. The number of benzene rings is 1. The van der Waals surface area contributed by atoms with Gasteiger partial charge in [-0.3, -0.25) is 4.79 Å². The quantitative estimate of drug-likeness (QED) is 0.475. The molecule has 4 aromatic rings. The second-order valence-corrected chi connectivity index (χ2v) is 9.00. The Morgan fingerprint density at radius 2 is 2.00 bits per heavy atom. The summed E-state index contributed by atoms with van der Waals surface area (Å²) in [5.41, 5.74) is 4.52. The summed E-state index contributed by atoms with van der Waals surface area (Å²) >= 11 is 1.81. The van der Waals surface area contributed by atoms with Crippen molar-refractivity contribution in [3.05, 3.63) is 63.0 Å². The van der Waals surface area contributed by atoms with Crippen LogP contribution in [-0.4, -0.2) is 23.2 Å². The highest BCUT2D eigenvalue weighted by Crippen LogP contribution is 2.30. The standard InChI is InChI=1S/C24H23N3O3S/c1-14-22-19(23(28)25-13-18-11-16-5-3-4-6-21(16)31-18)12-20(26-24(22)30-27-14)15-7-9-17(29-2)10-8-15/h7-12H,3-6,13H2,1-2H3,(H,25,28). The topological polar surface area (TPSA) is 77.2 Å². The van der Waals surface area contributed by atoms with Crippen molar-refractivity contribution in [1.29, 1.82) is 0 Å². The minimum absolute atomic E-state index is 0.153. The fourth-order valence-electron chi connectivity index (χ4n) is 4.09. The van der Waals surface area contributed by atoms with Crippen molar-refractivity contribution >= 4 is 28.3 Å². The molecular weight excluding hydrogens is 410 g/mol. The van der Waals surface area contributed by atoms with Gasteiger partial charge in [-0.1, -0.05) is 5.16 Å². The largest absolute Gasteiger partial charge is 0.497 e. The number of aryl methyl sites for hydroxylation is 3. The maximum absolute atomic E-state index is 13.2. The molecule has 0 bridgehead atoms. The molecular formula is C24H23N3O3S. The van der Waals surface area contributed by atoms with Crippen LogP contribution >= 0.6 is 11.3 Å². The number of amides is 1. The van der Waals surface area contributed by atoms with Crippen molar-refractivity contribution in [2.75, 3.05) is 7.11 Å². The van der Waals surface area contributed by atoms with Crippen LogP contribution in [0.25, 0.3) is 22.4 Å². The highest BCUT2D eigenvalue weighted by atomic mass is 32.1. The van der Waals surface area contributed by atoms with Gasteiger partial charge >= 0.3 is 0 Å². The molecule has 31 heavy (non-hydrogen) atoms. The van der Waals surface area contributed by atoms with E-state index in [0.29, 0.717) is 34.6 Å². The number of rotatable bonds is 5. The van der Waals surface area contributed by atoms with Crippen LogP contribution in [0.2, 0.25) is 0 Å². The number of aromatic nitrogens is 2. The number of ether oxygens (including phenoxy) is 1. The van der Waals surface area contributed by atoms with Gasteiger partial charge < -0.3 is 14.6 Å². The maximum Gasteiger partial charge on any atom is 0.259 e. The first kappa shape index (κ1) is 19.8. The fourth-order valence-corrected chi connectivity index (χ4v) is 5.29. The normalized spacial score (nSPS) is 13.2. The molecule has 0 saturated carbocycles. The number of nitrogens with zero attached hydrogens (tertiary/aromatic N) is 2. The van der Waals surface area contributed by atoms with Gasteiger partial charge in [-0.05, 0) is 74.6 Å². The highest BCUT2D eigenvalue weighted by molar-refractivity contribution is 7.12. The Balaban J connectivity index is 1.45. The Hall–Kier alpha value is -3.19. The van der Waals surface area contributed by atoms with Crippen LogP contribution in [-0.2, 0) is 19.4 Å². The van der Waals surface area contributed by atoms with E-state index in [9.17, 15) is 4.79 Å². The molecule has 1 aliphatic rings. The summed E-state index contributed by atoms with van der Waals surface area (Å²) in [7, 11) is 1.63. The third-order valence-electron chi connectivity index (χ3n) is 5.72. The summed E-state index contributed by atoms with van der Waals surface area (Å²) in [6.45, 7) is 2.34. The van der Waals surface area contributed by atoms with Crippen molar-refractivity contribution in [3.63, 3.8) is 0 Å². The van der Waals surface area contributed by atoms with E-state index in [1.54, 1.807) is 7.11 Å². The average Bonchev–Trinajstić information content (AvgIpc) is 3.40. The maximum atomic E-state index is 13.2. The molecule has 3 heterocycles. The zero-order valence-electron chi connectivity index (χ0n) is 17.5. The first-order valence-corrected chi connectivity index (χ1v) is 11.2. The molecule has 158 valence electrons. The third-order valence-corrected chi connectivity index (χ3v) is 6.96. The number of pyridine rings is 1. The van der Waals surface area contributed by atoms with Crippen LogP contribution in [0.4, 0.5) is 0 Å². The van der Waals surface area contributed by atoms with Gasteiger partial charge in [0, 0.05) is 15.3 Å². The summed E-state index contributed by atoms with van der Waals surface area (Å²) in [5, 5.41) is 7.77. The molecule has 3 aromatic heterocycles. The van der Waals surface area contributed by atoms with E-state index in [2.05, 4.69) is 21.5 Å². The van der Waals surface area contributed by atoms with Gasteiger partial charge in [0.1, 0.15) is 5.75 Å². The minimum atomic E-state index is -0.153. The SMILES string of the molecule is COc1ccc(-c2cc(C(=O)NCc3cc4c(s3)CCCC4)c3c(C)noc3n2)cc1. The van der Waals surface area contributed by atoms with Gasteiger partial charge in [0.15, 0.2) is 0 Å². The minimum Gasteiger partial charge on any atom is -0.497 e. The second kappa shape index (κ2) is 8.15. The lowest BCUT2D eigenvalue weighted by Gasteiger charge is -2.08. The van der Waals surface area contributed by atoms with E-state index < -0.39 is 0 Å². The van der Waals surface area contributed by atoms with Crippen molar-refractivity contribution < 1.29 is 14.1 Å². The second-order valence-electron chi connectivity index (χ2n) is 7.78. The summed E-state index contributed by atoms with van der Waals surface area (Å²) in [6, 6.07) is 11.6. The van der Waals surface area contributed by atoms with Gasteiger partial charge in [0.05, 0.1) is 36.0 Å². The Morgan fingerprint density at radius 3 is 2.77 bits per heavy atom. The molecule has 5 rings (SSSR count). The van der Waals surface area contributed by atoms with Gasteiger partial charge in [-0.25, -0.2) is 4.98 Å². The van der Waals surface area contributed by atoms with Gasteiger partial charge in [0.25, 0.3) is 11.6 Å². The smallest absolute Gasteiger partial charge is 0.259 e. The number of hydrogen-bond acceptors (Lipinski definition) is 6. The van der Waals surface area contributed by atoms with E-state index >= 15 is 0 Å². The van der Waals surface area contributed by atoms with Gasteiger partial charge in [-0.2, -0.15) is 0 Å². The van der Waals surface area contributed by atoms with Gasteiger partial charge in [0.2, 0.25) is 0 Å². The number of hydrogen-bond donors (Lipinski definition) is 1. The molecule has 0 radical (unpaired) electrons. The number of carbonyl (C=O) groups excluding carboxylic acids is 1. The first-order chi connectivity index (χ1) is 15.1. The lowest BCUT2D eigenvalue weighted by Crippen LogP contribution is -2.22. The van der Waals surface area contributed by atoms with Gasteiger partial charge in [-0.15, -0.1) is 11.3 Å². The number of thiophene rings is 1. The molecule has 0 saturated heterocycles. The van der Waals surface area contributed by atoms with Crippen molar-refractivity contribution in [1.82, 2.24) is 15.5 Å². The molecule has 0 spiro atoms. The first-order valence-electron chi connectivity index (χ1n) is 10.4. The Morgan fingerprint density at radius 1 is 1.19 bits per heavy atom. The zero-order chi connectivity index (χ0) is 21.4. The van der Waals surface area contributed by atoms with Crippen LogP contribution < -0.4 is 10.1 Å². The summed E-state index contributed by atoms with van der Waals surface area (Å²) in [4.78, 5) is 20.4. The lowest BCUT2D eigenvalue weighted by atomic mass is 9.99. The van der Waals surface area contributed by atoms with Crippen LogP contribution in [0.3, 0.4) is 0 Å². The lowest BCUT2D eigenvalue weighted by molar-refractivity contribution is 0.0953. The summed E-state index contributed by atoms with van der Waals surface area (Å²) in [5.74, 6) is 0.608. The number of fused-ring (bicyclic) bond motifs is 2. The van der Waals surface area contributed by atoms with Crippen LogP contribution in [0.5, 0.6) is 5.75 Å². The predicted octanol–water partition coefficient (Wildman–Crippen LogP) is 5.08. The number of nitrogens with one attached hydrogen (secondary N) is 1. The average molecular weight is 434 g/mol. The molecule has 1 amide bonds. The Kier molecular flexibility index (Phi) is 5.19. The molecule has 1 N–H and O–H groups in total. The van der Waals surface area contributed by atoms with Crippen LogP contribution in [0.15, 0.2) is 40.9 Å². The molecule has 7 heteroatoms. The van der Waals surface area contributed by atoms with Crippen LogP contribution in [0, 0.1) is 6.92 Å². The third kappa shape index (κ3) is 3.81. The number of carbonyl (C=O) groups is 1. The molecule has 0 atom stereocenters. The Bertz CT molecular complexity index is 1230. The molecule has 1 aromatic carbocycles. The highest BCUT2D eigenvalue weighted by Gasteiger charge is 2.20. The van der Waals surface area contributed by atoms with E-state index in [4.69, 9.17) is 9.26 Å². The van der Waals surface area contributed by atoms with Crippen molar-refractivity contribution in [2.45, 2.75) is 39.2 Å². The fraction of sp³-hybridized carbons (Fsp3) is 0.292. The molecule has 6 nitrogen and oxygen atoms in total. The van der Waals surface area contributed by atoms with E-state index in [-0.39, 0.29) is 5.91 Å². The van der Waals surface area contributed by atoms with E-state index in [1.807, 2.05) is 48.6 Å². The predicted molar refractivity (Wildman–Crippen MR) is 121 cm³/mol. The summed E-state index contributed by atoms with van der Waals surface area (Å²) < 4.78 is 10.6. The van der Waals surface area contributed by atoms with Crippen molar-refractivity contribution in [2.24, 2.45) is 0 Å². The molecule has 0 fully saturated rings. The Labute approximate surface area is 184 Å². The molecule has 1 aliphatic carbocycles. The van der Waals surface area contributed by atoms with E-state index in [1.165, 1.54) is 28.2 Å². The van der Waals surface area contributed by atoms with Crippen molar-refractivity contribution in [3.8, 4) is 17.0 Å². The number of methoxy groups -OCH3 is 1. The molecule has 0 aliphatic heterocycles. The monoisotopic (exact) mass is 433 g/mol. The van der Waals surface area contributed by atoms with Crippen LogP contribution in [0.1, 0.15) is 44.2 Å². The molecule has 0 unspecified atom stereocenters. The van der Waals surface area contributed by atoms with E-state index in [0.717, 1.165) is 24.2 Å². The summed E-state index contributed by atoms with van der Waals surface area (Å²) in [6.07, 6.45) is 4.82.